The second-order valence-corrected chi connectivity index (χ2v) is 4.12. The van der Waals surface area contributed by atoms with Crippen molar-refractivity contribution in [2.75, 3.05) is 11.9 Å². The Morgan fingerprint density at radius 2 is 2.18 bits per heavy atom. The van der Waals surface area contributed by atoms with Crippen LogP contribution in [0.3, 0.4) is 0 Å². The van der Waals surface area contributed by atoms with E-state index in [1.807, 2.05) is 13.0 Å². The van der Waals surface area contributed by atoms with Crippen molar-refractivity contribution in [1.29, 1.82) is 0 Å². The third-order valence-electron chi connectivity index (χ3n) is 2.41. The van der Waals surface area contributed by atoms with Crippen LogP contribution in [-0.4, -0.2) is 26.5 Å². The topological polar surface area (TPSA) is 66.5 Å². The number of anilines is 1. The van der Waals surface area contributed by atoms with Gasteiger partial charge in [-0.3, -0.25) is 0 Å². The molecule has 2 heterocycles. The molecule has 0 aromatic carbocycles. The molecule has 2 N–H and O–H groups in total. The summed E-state index contributed by atoms with van der Waals surface area (Å²) in [5.74, 6) is 2.55. The summed E-state index contributed by atoms with van der Waals surface area (Å²) in [7, 11) is 0. The summed E-state index contributed by atoms with van der Waals surface area (Å²) in [4.78, 5) is 16.1. The molecule has 0 atom stereocenters. The normalized spacial score (nSPS) is 10.8. The van der Waals surface area contributed by atoms with Crippen LogP contribution < -0.4 is 5.32 Å². The highest BCUT2D eigenvalue weighted by Gasteiger charge is 2.10. The fourth-order valence-electron chi connectivity index (χ4n) is 1.53. The lowest BCUT2D eigenvalue weighted by Crippen LogP contribution is -2.05. The highest BCUT2D eigenvalue weighted by Crippen LogP contribution is 2.19. The number of H-pyrrole nitrogens is 1. The van der Waals surface area contributed by atoms with E-state index < -0.39 is 0 Å². The Labute approximate surface area is 101 Å². The van der Waals surface area contributed by atoms with Gasteiger partial charge < -0.3 is 10.3 Å². The van der Waals surface area contributed by atoms with E-state index in [0.717, 1.165) is 18.1 Å². The molecule has 0 aliphatic rings. The van der Waals surface area contributed by atoms with Crippen molar-refractivity contribution in [3.8, 4) is 11.6 Å². The number of aromatic nitrogens is 4. The molecule has 0 spiro atoms. The van der Waals surface area contributed by atoms with Gasteiger partial charge in [-0.25, -0.2) is 15.0 Å². The first-order valence-corrected chi connectivity index (χ1v) is 5.83. The lowest BCUT2D eigenvalue weighted by molar-refractivity contribution is 0.815. The minimum absolute atomic E-state index is 0.365. The van der Waals surface area contributed by atoms with Crippen LogP contribution in [0.25, 0.3) is 11.6 Å². The van der Waals surface area contributed by atoms with Gasteiger partial charge in [0.15, 0.2) is 11.6 Å². The molecule has 0 saturated carbocycles. The minimum atomic E-state index is 0.365. The van der Waals surface area contributed by atoms with Crippen LogP contribution in [0.15, 0.2) is 18.5 Å². The van der Waals surface area contributed by atoms with Crippen LogP contribution in [-0.2, 0) is 0 Å². The van der Waals surface area contributed by atoms with E-state index in [1.165, 1.54) is 0 Å². The van der Waals surface area contributed by atoms with Gasteiger partial charge >= 0.3 is 0 Å². The fraction of sp³-hybridized carbons (Fsp3) is 0.417. The molecular formula is C12H17N5. The van der Waals surface area contributed by atoms with Crippen LogP contribution in [0.1, 0.15) is 32.4 Å². The van der Waals surface area contributed by atoms with E-state index in [1.54, 1.807) is 12.4 Å². The third-order valence-corrected chi connectivity index (χ3v) is 2.41. The molecule has 0 bridgehead atoms. The molecule has 2 aromatic heterocycles. The van der Waals surface area contributed by atoms with Crippen LogP contribution in [0.5, 0.6) is 0 Å². The molecule has 5 heteroatoms. The molecule has 0 aliphatic carbocycles. The fourth-order valence-corrected chi connectivity index (χ4v) is 1.53. The summed E-state index contributed by atoms with van der Waals surface area (Å²) in [5.41, 5.74) is 1.02. The summed E-state index contributed by atoms with van der Waals surface area (Å²) < 4.78 is 0. The van der Waals surface area contributed by atoms with Crippen molar-refractivity contribution in [2.24, 2.45) is 0 Å². The average Bonchev–Trinajstić information content (AvgIpc) is 2.82. The van der Waals surface area contributed by atoms with Gasteiger partial charge in [0, 0.05) is 30.7 Å². The monoisotopic (exact) mass is 231 g/mol. The molecule has 0 fully saturated rings. The van der Waals surface area contributed by atoms with E-state index in [-0.39, 0.29) is 0 Å². The summed E-state index contributed by atoms with van der Waals surface area (Å²) in [5, 5.41) is 3.21. The van der Waals surface area contributed by atoms with Gasteiger partial charge in [0.2, 0.25) is 0 Å². The highest BCUT2D eigenvalue weighted by atomic mass is 15.1. The van der Waals surface area contributed by atoms with Crippen LogP contribution in [0.2, 0.25) is 0 Å². The maximum absolute atomic E-state index is 4.51. The van der Waals surface area contributed by atoms with Crippen LogP contribution in [0.4, 0.5) is 5.82 Å². The standard InChI is InChI=1S/C12H17N5/c1-4-13-10-7-9(8(2)3)16-12(17-10)11-14-5-6-15-11/h5-8H,4H2,1-3H3,(H,14,15)(H,13,16,17). The molecule has 0 amide bonds. The zero-order valence-electron chi connectivity index (χ0n) is 10.4. The molecule has 2 rings (SSSR count). The molecular weight excluding hydrogens is 214 g/mol. The molecule has 90 valence electrons. The zero-order valence-corrected chi connectivity index (χ0v) is 10.4. The van der Waals surface area contributed by atoms with E-state index in [9.17, 15) is 0 Å². The van der Waals surface area contributed by atoms with Gasteiger partial charge in [0.1, 0.15) is 5.82 Å². The first-order valence-electron chi connectivity index (χ1n) is 5.83. The van der Waals surface area contributed by atoms with Crippen molar-refractivity contribution >= 4 is 5.82 Å². The number of nitrogens with one attached hydrogen (secondary N) is 2. The van der Waals surface area contributed by atoms with E-state index in [4.69, 9.17) is 0 Å². The molecule has 0 aliphatic heterocycles. The van der Waals surface area contributed by atoms with Gasteiger partial charge in [-0.05, 0) is 12.8 Å². The highest BCUT2D eigenvalue weighted by molar-refractivity contribution is 5.49. The number of rotatable bonds is 4. The predicted octanol–water partition coefficient (Wildman–Crippen LogP) is 2.42. The maximum Gasteiger partial charge on any atom is 0.197 e. The summed E-state index contributed by atoms with van der Waals surface area (Å²) in [6, 6.07) is 1.99. The van der Waals surface area contributed by atoms with Crippen molar-refractivity contribution in [3.63, 3.8) is 0 Å². The van der Waals surface area contributed by atoms with Gasteiger partial charge in [-0.2, -0.15) is 0 Å². The largest absolute Gasteiger partial charge is 0.370 e. The van der Waals surface area contributed by atoms with Crippen molar-refractivity contribution < 1.29 is 0 Å². The Kier molecular flexibility index (Phi) is 3.37. The summed E-state index contributed by atoms with van der Waals surface area (Å²) >= 11 is 0. The summed E-state index contributed by atoms with van der Waals surface area (Å²) in [6.07, 6.45) is 3.47. The number of hydrogen-bond acceptors (Lipinski definition) is 4. The van der Waals surface area contributed by atoms with Crippen molar-refractivity contribution in [2.45, 2.75) is 26.7 Å². The zero-order chi connectivity index (χ0) is 12.3. The summed E-state index contributed by atoms with van der Waals surface area (Å²) in [6.45, 7) is 7.11. The smallest absolute Gasteiger partial charge is 0.197 e. The molecule has 0 saturated heterocycles. The SMILES string of the molecule is CCNc1cc(C(C)C)nc(-c2ncc[nH]2)n1. The first kappa shape index (κ1) is 11.6. The lowest BCUT2D eigenvalue weighted by atomic mass is 10.1. The van der Waals surface area contributed by atoms with Crippen LogP contribution >= 0.6 is 0 Å². The van der Waals surface area contributed by atoms with Gasteiger partial charge in [0.25, 0.3) is 0 Å². The molecule has 0 unspecified atom stereocenters. The van der Waals surface area contributed by atoms with Gasteiger partial charge in [-0.1, -0.05) is 13.8 Å². The van der Waals surface area contributed by atoms with E-state index >= 15 is 0 Å². The minimum Gasteiger partial charge on any atom is -0.370 e. The maximum atomic E-state index is 4.51. The molecule has 17 heavy (non-hydrogen) atoms. The van der Waals surface area contributed by atoms with E-state index in [0.29, 0.717) is 17.6 Å². The predicted molar refractivity (Wildman–Crippen MR) is 67.9 cm³/mol. The van der Waals surface area contributed by atoms with Gasteiger partial charge in [-0.15, -0.1) is 0 Å². The number of aromatic amines is 1. The Morgan fingerprint density at radius 3 is 2.76 bits per heavy atom. The number of imidazole rings is 1. The second kappa shape index (κ2) is 4.95. The molecule has 2 aromatic rings. The average molecular weight is 231 g/mol. The Bertz CT molecular complexity index is 476. The quantitative estimate of drug-likeness (QED) is 0.848. The van der Waals surface area contributed by atoms with Crippen LogP contribution in [0, 0.1) is 0 Å². The van der Waals surface area contributed by atoms with Crippen molar-refractivity contribution in [3.05, 3.63) is 24.2 Å². The first-order chi connectivity index (χ1) is 8.20. The Balaban J connectivity index is 2.44. The second-order valence-electron chi connectivity index (χ2n) is 4.12. The Morgan fingerprint density at radius 1 is 1.35 bits per heavy atom. The third kappa shape index (κ3) is 2.61. The number of nitrogens with zero attached hydrogens (tertiary/aromatic N) is 3. The van der Waals surface area contributed by atoms with Gasteiger partial charge in [0.05, 0.1) is 0 Å². The van der Waals surface area contributed by atoms with E-state index in [2.05, 4.69) is 39.1 Å². The lowest BCUT2D eigenvalue weighted by Gasteiger charge is -2.09. The number of hydrogen-bond donors (Lipinski definition) is 2. The molecule has 0 radical (unpaired) electrons. The Hall–Kier alpha value is -1.91. The molecule has 5 nitrogen and oxygen atoms in total. The van der Waals surface area contributed by atoms with Crippen molar-refractivity contribution in [1.82, 2.24) is 19.9 Å².